The highest BCUT2D eigenvalue weighted by Crippen LogP contribution is 2.12. The maximum atomic E-state index is 12.6. The molecule has 0 saturated carbocycles. The monoisotopic (exact) mass is 213 g/mol. The second kappa shape index (κ2) is 5.80. The Kier molecular flexibility index (Phi) is 4.68. The molecule has 1 aromatic rings. The molecule has 2 atom stereocenters. The van der Waals surface area contributed by atoms with Crippen LogP contribution in [0.1, 0.15) is 18.5 Å². The molecular formula is C11H16FNO2. The van der Waals surface area contributed by atoms with E-state index in [0.29, 0.717) is 6.54 Å². The zero-order chi connectivity index (χ0) is 11.3. The molecule has 0 bridgehead atoms. The van der Waals surface area contributed by atoms with Gasteiger partial charge in [-0.05, 0) is 24.6 Å². The number of aliphatic hydroxyl groups excluding tert-OH is 2. The van der Waals surface area contributed by atoms with Crippen molar-refractivity contribution in [2.24, 2.45) is 0 Å². The van der Waals surface area contributed by atoms with E-state index in [1.54, 1.807) is 12.1 Å². The van der Waals surface area contributed by atoms with Gasteiger partial charge in [-0.15, -0.1) is 0 Å². The molecule has 0 aliphatic rings. The Morgan fingerprint density at radius 2 is 1.93 bits per heavy atom. The summed E-state index contributed by atoms with van der Waals surface area (Å²) in [7, 11) is 0. The van der Waals surface area contributed by atoms with Crippen molar-refractivity contribution in [2.45, 2.75) is 19.1 Å². The topological polar surface area (TPSA) is 52.5 Å². The smallest absolute Gasteiger partial charge is 0.123 e. The minimum Gasteiger partial charge on any atom is -0.394 e. The molecule has 1 aromatic carbocycles. The standard InChI is InChI=1S/C11H16FNO2/c1-8(13-6-11(15)7-14)9-2-4-10(12)5-3-9/h2-5,8,11,13-15H,6-7H2,1H3/t8-,11?/m1/s1. The van der Waals surface area contributed by atoms with Crippen LogP contribution in [0, 0.1) is 5.82 Å². The normalized spacial score (nSPS) is 14.9. The van der Waals surface area contributed by atoms with Crippen molar-refractivity contribution < 1.29 is 14.6 Å². The number of halogens is 1. The highest BCUT2D eigenvalue weighted by Gasteiger charge is 2.07. The van der Waals surface area contributed by atoms with Gasteiger partial charge in [-0.1, -0.05) is 12.1 Å². The molecular weight excluding hydrogens is 197 g/mol. The van der Waals surface area contributed by atoms with Crippen LogP contribution in [-0.2, 0) is 0 Å². The van der Waals surface area contributed by atoms with E-state index >= 15 is 0 Å². The first-order chi connectivity index (χ1) is 7.13. The second-order valence-electron chi connectivity index (χ2n) is 3.52. The lowest BCUT2D eigenvalue weighted by Gasteiger charge is -2.16. The fourth-order valence-corrected chi connectivity index (χ4v) is 1.25. The van der Waals surface area contributed by atoms with E-state index in [0.717, 1.165) is 5.56 Å². The third-order valence-corrected chi connectivity index (χ3v) is 2.24. The molecule has 4 heteroatoms. The van der Waals surface area contributed by atoms with E-state index in [1.807, 2.05) is 6.92 Å². The van der Waals surface area contributed by atoms with Crippen molar-refractivity contribution in [1.82, 2.24) is 5.32 Å². The maximum Gasteiger partial charge on any atom is 0.123 e. The van der Waals surface area contributed by atoms with E-state index in [4.69, 9.17) is 10.2 Å². The molecule has 0 aliphatic carbocycles. The second-order valence-corrected chi connectivity index (χ2v) is 3.52. The van der Waals surface area contributed by atoms with Gasteiger partial charge in [-0.2, -0.15) is 0 Å². The van der Waals surface area contributed by atoms with Crippen LogP contribution in [0.3, 0.4) is 0 Å². The zero-order valence-electron chi connectivity index (χ0n) is 8.65. The van der Waals surface area contributed by atoms with Crippen LogP contribution in [0.15, 0.2) is 24.3 Å². The van der Waals surface area contributed by atoms with Crippen molar-refractivity contribution in [3.8, 4) is 0 Å². The quantitative estimate of drug-likeness (QED) is 0.679. The van der Waals surface area contributed by atoms with Gasteiger partial charge in [0.05, 0.1) is 12.7 Å². The summed E-state index contributed by atoms with van der Waals surface area (Å²) in [4.78, 5) is 0. The number of rotatable bonds is 5. The highest BCUT2D eigenvalue weighted by molar-refractivity contribution is 5.19. The number of hydrogen-bond donors (Lipinski definition) is 3. The number of aliphatic hydroxyl groups is 2. The molecule has 0 fully saturated rings. The first kappa shape index (κ1) is 12.1. The SMILES string of the molecule is C[C@@H](NCC(O)CO)c1ccc(F)cc1. The van der Waals surface area contributed by atoms with E-state index in [1.165, 1.54) is 12.1 Å². The van der Waals surface area contributed by atoms with E-state index < -0.39 is 6.10 Å². The third-order valence-electron chi connectivity index (χ3n) is 2.24. The van der Waals surface area contributed by atoms with Gasteiger partial charge in [0.25, 0.3) is 0 Å². The molecule has 3 N–H and O–H groups in total. The molecule has 0 saturated heterocycles. The molecule has 0 aliphatic heterocycles. The van der Waals surface area contributed by atoms with Crippen LogP contribution in [0.4, 0.5) is 4.39 Å². The van der Waals surface area contributed by atoms with Gasteiger partial charge in [-0.3, -0.25) is 0 Å². The van der Waals surface area contributed by atoms with Crippen LogP contribution in [-0.4, -0.2) is 29.5 Å². The van der Waals surface area contributed by atoms with Gasteiger partial charge in [0.2, 0.25) is 0 Å². The van der Waals surface area contributed by atoms with Crippen LogP contribution >= 0.6 is 0 Å². The summed E-state index contributed by atoms with van der Waals surface area (Å²) in [5.74, 6) is -0.263. The summed E-state index contributed by atoms with van der Waals surface area (Å²) >= 11 is 0. The minimum absolute atomic E-state index is 0.0202. The minimum atomic E-state index is -0.757. The van der Waals surface area contributed by atoms with Gasteiger partial charge >= 0.3 is 0 Å². The fourth-order valence-electron chi connectivity index (χ4n) is 1.25. The van der Waals surface area contributed by atoms with Gasteiger partial charge in [0.1, 0.15) is 5.82 Å². The molecule has 0 radical (unpaired) electrons. The number of benzene rings is 1. The van der Waals surface area contributed by atoms with Gasteiger partial charge in [0.15, 0.2) is 0 Å². The lowest BCUT2D eigenvalue weighted by molar-refractivity contribution is 0.0924. The summed E-state index contributed by atoms with van der Waals surface area (Å²) in [6, 6.07) is 6.20. The molecule has 0 spiro atoms. The Labute approximate surface area is 88.6 Å². The molecule has 1 rings (SSSR count). The molecule has 3 nitrogen and oxygen atoms in total. The molecule has 84 valence electrons. The van der Waals surface area contributed by atoms with Crippen molar-refractivity contribution in [3.05, 3.63) is 35.6 Å². The van der Waals surface area contributed by atoms with Crippen molar-refractivity contribution in [1.29, 1.82) is 0 Å². The Balaban J connectivity index is 2.46. The molecule has 15 heavy (non-hydrogen) atoms. The summed E-state index contributed by atoms with van der Waals surface area (Å²) in [5.41, 5.74) is 0.946. The third kappa shape index (κ3) is 3.95. The summed E-state index contributed by atoms with van der Waals surface area (Å²) in [6.45, 7) is 1.97. The Morgan fingerprint density at radius 1 is 1.33 bits per heavy atom. The Bertz CT molecular complexity index is 289. The first-order valence-corrected chi connectivity index (χ1v) is 4.91. The Morgan fingerprint density at radius 3 is 2.47 bits per heavy atom. The van der Waals surface area contributed by atoms with Crippen LogP contribution < -0.4 is 5.32 Å². The summed E-state index contributed by atoms with van der Waals surface area (Å²) in [6.07, 6.45) is -0.757. The largest absolute Gasteiger partial charge is 0.394 e. The molecule has 1 unspecified atom stereocenters. The molecule has 0 amide bonds. The van der Waals surface area contributed by atoms with Crippen LogP contribution in [0.2, 0.25) is 0 Å². The molecule has 0 heterocycles. The van der Waals surface area contributed by atoms with Gasteiger partial charge in [-0.25, -0.2) is 4.39 Å². The van der Waals surface area contributed by atoms with Crippen LogP contribution in [0.25, 0.3) is 0 Å². The highest BCUT2D eigenvalue weighted by atomic mass is 19.1. The predicted octanol–water partition coefficient (Wildman–Crippen LogP) is 0.830. The summed E-state index contributed by atoms with van der Waals surface area (Å²) in [5, 5.41) is 20.8. The van der Waals surface area contributed by atoms with Crippen LogP contribution in [0.5, 0.6) is 0 Å². The van der Waals surface area contributed by atoms with E-state index in [9.17, 15) is 4.39 Å². The predicted molar refractivity (Wildman–Crippen MR) is 55.9 cm³/mol. The van der Waals surface area contributed by atoms with Crippen molar-refractivity contribution in [3.63, 3.8) is 0 Å². The first-order valence-electron chi connectivity index (χ1n) is 4.91. The lowest BCUT2D eigenvalue weighted by Crippen LogP contribution is -2.31. The Hall–Kier alpha value is -0.970. The number of nitrogens with one attached hydrogen (secondary N) is 1. The van der Waals surface area contributed by atoms with E-state index in [2.05, 4.69) is 5.32 Å². The van der Waals surface area contributed by atoms with Gasteiger partial charge in [0, 0.05) is 12.6 Å². The van der Waals surface area contributed by atoms with Crippen molar-refractivity contribution >= 4 is 0 Å². The number of hydrogen-bond acceptors (Lipinski definition) is 3. The molecule has 0 aromatic heterocycles. The van der Waals surface area contributed by atoms with E-state index in [-0.39, 0.29) is 18.5 Å². The van der Waals surface area contributed by atoms with Gasteiger partial charge < -0.3 is 15.5 Å². The lowest BCUT2D eigenvalue weighted by atomic mass is 10.1. The van der Waals surface area contributed by atoms with Crippen molar-refractivity contribution in [2.75, 3.05) is 13.2 Å². The average molecular weight is 213 g/mol. The summed E-state index contributed by atoms with van der Waals surface area (Å²) < 4.78 is 12.6. The zero-order valence-corrected chi connectivity index (χ0v) is 8.65. The fraction of sp³-hybridized carbons (Fsp3) is 0.455. The average Bonchev–Trinajstić information content (AvgIpc) is 2.26. The maximum absolute atomic E-state index is 12.6.